The molecule has 1 atom stereocenters. The predicted octanol–water partition coefficient (Wildman–Crippen LogP) is 4.60. The number of nitrogens with one attached hydrogen (secondary N) is 1. The minimum atomic E-state index is -4.02. The van der Waals surface area contributed by atoms with Crippen LogP contribution in [-0.4, -0.2) is 18.6 Å². The number of hydrogen-bond donors (Lipinski definition) is 1. The smallest absolute Gasteiger partial charge is 0.247 e. The molecular formula is C21H15ClFN3O3S. The van der Waals surface area contributed by atoms with Gasteiger partial charge < -0.3 is 4.42 Å². The van der Waals surface area contributed by atoms with Gasteiger partial charge >= 0.3 is 0 Å². The van der Waals surface area contributed by atoms with Crippen LogP contribution in [0.5, 0.6) is 0 Å². The Morgan fingerprint density at radius 2 is 1.57 bits per heavy atom. The van der Waals surface area contributed by atoms with Crippen molar-refractivity contribution < 1.29 is 17.2 Å². The summed E-state index contributed by atoms with van der Waals surface area (Å²) in [6, 6.07) is 19.2. The number of hydrogen-bond acceptors (Lipinski definition) is 5. The third-order valence-corrected chi connectivity index (χ3v) is 6.00. The quantitative estimate of drug-likeness (QED) is 0.471. The summed E-state index contributed by atoms with van der Waals surface area (Å²) in [5.74, 6) is -0.222. The molecule has 0 bridgehead atoms. The number of nitrogens with zero attached hydrogens (tertiary/aromatic N) is 2. The maximum atomic E-state index is 13.2. The molecule has 0 saturated carbocycles. The van der Waals surface area contributed by atoms with Crippen LogP contribution in [0.3, 0.4) is 0 Å². The van der Waals surface area contributed by atoms with Gasteiger partial charge in [0.25, 0.3) is 0 Å². The fraction of sp³-hybridized carbons (Fsp3) is 0.0476. The molecule has 0 aliphatic rings. The molecule has 1 aromatic heterocycles. The van der Waals surface area contributed by atoms with E-state index in [9.17, 15) is 12.8 Å². The lowest BCUT2D eigenvalue weighted by atomic mass is 10.1. The second-order valence-corrected chi connectivity index (χ2v) is 8.52. The molecule has 9 heteroatoms. The van der Waals surface area contributed by atoms with Crippen LogP contribution >= 0.6 is 11.6 Å². The summed E-state index contributed by atoms with van der Waals surface area (Å²) in [7, 11) is -4.02. The van der Waals surface area contributed by atoms with Crippen LogP contribution < -0.4 is 4.72 Å². The monoisotopic (exact) mass is 443 g/mol. The van der Waals surface area contributed by atoms with Crippen molar-refractivity contribution in [2.24, 2.45) is 0 Å². The normalized spacial score (nSPS) is 12.6. The second-order valence-electron chi connectivity index (χ2n) is 6.37. The van der Waals surface area contributed by atoms with Gasteiger partial charge in [-0.1, -0.05) is 41.9 Å². The first-order chi connectivity index (χ1) is 14.4. The zero-order valence-corrected chi connectivity index (χ0v) is 16.9. The summed E-state index contributed by atoms with van der Waals surface area (Å²) < 4.78 is 47.3. The van der Waals surface area contributed by atoms with Gasteiger partial charge in [-0.15, -0.1) is 10.2 Å². The lowest BCUT2D eigenvalue weighted by Gasteiger charge is -2.16. The molecule has 152 valence electrons. The first-order valence-corrected chi connectivity index (χ1v) is 10.7. The lowest BCUT2D eigenvalue weighted by Crippen LogP contribution is -2.29. The van der Waals surface area contributed by atoms with Crippen molar-refractivity contribution in [3.05, 3.63) is 101 Å². The fourth-order valence-electron chi connectivity index (χ4n) is 2.80. The van der Waals surface area contributed by atoms with Crippen LogP contribution in [0.1, 0.15) is 17.5 Å². The summed E-state index contributed by atoms with van der Waals surface area (Å²) >= 11 is 5.96. The van der Waals surface area contributed by atoms with Crippen LogP contribution in [0.15, 0.2) is 88.2 Å². The minimum absolute atomic E-state index is 0.0573. The fourth-order valence-corrected chi connectivity index (χ4v) is 4.11. The summed E-state index contributed by atoms with van der Waals surface area (Å²) in [6.07, 6.45) is 0. The highest BCUT2D eigenvalue weighted by molar-refractivity contribution is 7.89. The van der Waals surface area contributed by atoms with E-state index in [1.165, 1.54) is 12.1 Å². The Bertz CT molecular complexity index is 1240. The molecule has 0 spiro atoms. The molecule has 0 radical (unpaired) electrons. The first kappa shape index (κ1) is 20.2. The third kappa shape index (κ3) is 4.40. The Kier molecular flexibility index (Phi) is 5.63. The molecule has 3 aromatic carbocycles. The summed E-state index contributed by atoms with van der Waals surface area (Å²) in [6.45, 7) is 0. The zero-order valence-electron chi connectivity index (χ0n) is 15.4. The molecule has 30 heavy (non-hydrogen) atoms. The van der Waals surface area contributed by atoms with Gasteiger partial charge in [-0.25, -0.2) is 12.8 Å². The topological polar surface area (TPSA) is 85.1 Å². The Morgan fingerprint density at radius 3 is 2.23 bits per heavy atom. The number of halogens is 2. The van der Waals surface area contributed by atoms with Crippen molar-refractivity contribution in [3.8, 4) is 11.5 Å². The van der Waals surface area contributed by atoms with E-state index >= 15 is 0 Å². The van der Waals surface area contributed by atoms with Gasteiger partial charge in [-0.3, -0.25) is 0 Å². The van der Waals surface area contributed by atoms with E-state index < -0.39 is 21.9 Å². The predicted molar refractivity (Wildman–Crippen MR) is 110 cm³/mol. The van der Waals surface area contributed by atoms with Crippen LogP contribution in [0, 0.1) is 5.82 Å². The molecule has 1 unspecified atom stereocenters. The van der Waals surface area contributed by atoms with Crippen LogP contribution in [0.25, 0.3) is 11.5 Å². The number of sulfonamides is 1. The van der Waals surface area contributed by atoms with E-state index in [1.54, 1.807) is 36.4 Å². The van der Waals surface area contributed by atoms with E-state index in [1.807, 2.05) is 18.2 Å². The van der Waals surface area contributed by atoms with E-state index in [0.717, 1.165) is 12.1 Å². The average Bonchev–Trinajstić information content (AvgIpc) is 3.24. The third-order valence-electron chi connectivity index (χ3n) is 4.31. The van der Waals surface area contributed by atoms with E-state index in [0.29, 0.717) is 16.1 Å². The summed E-state index contributed by atoms with van der Waals surface area (Å²) in [5, 5.41) is 8.58. The van der Waals surface area contributed by atoms with Gasteiger partial charge in [0.2, 0.25) is 21.8 Å². The number of benzene rings is 3. The van der Waals surface area contributed by atoms with E-state index in [-0.39, 0.29) is 16.7 Å². The Morgan fingerprint density at radius 1 is 0.900 bits per heavy atom. The standard InChI is InChI=1S/C21H15ClFN3O3S/c22-16-8-6-14(7-9-16)19(26-30(27,28)18-12-10-17(23)11-13-18)21-25-24-20(29-21)15-4-2-1-3-5-15/h1-13,19,26H. The van der Waals surface area contributed by atoms with Crippen molar-refractivity contribution in [2.75, 3.05) is 0 Å². The summed E-state index contributed by atoms with van der Waals surface area (Å²) in [4.78, 5) is -0.0920. The van der Waals surface area contributed by atoms with Crippen molar-refractivity contribution in [3.63, 3.8) is 0 Å². The van der Waals surface area contributed by atoms with Gasteiger partial charge in [0.05, 0.1) is 4.90 Å². The maximum absolute atomic E-state index is 13.2. The van der Waals surface area contributed by atoms with Crippen molar-refractivity contribution in [2.45, 2.75) is 10.9 Å². The van der Waals surface area contributed by atoms with Crippen molar-refractivity contribution >= 4 is 21.6 Å². The Balaban J connectivity index is 1.73. The van der Waals surface area contributed by atoms with E-state index in [2.05, 4.69) is 14.9 Å². The van der Waals surface area contributed by atoms with Crippen LogP contribution in [-0.2, 0) is 10.0 Å². The van der Waals surface area contributed by atoms with Gasteiger partial charge in [0.15, 0.2) is 0 Å². The molecule has 0 aliphatic heterocycles. The average molecular weight is 444 g/mol. The van der Waals surface area contributed by atoms with Gasteiger partial charge in [-0.2, -0.15) is 4.72 Å². The molecule has 0 aliphatic carbocycles. The molecular weight excluding hydrogens is 429 g/mol. The Hall–Kier alpha value is -3.07. The van der Waals surface area contributed by atoms with Crippen molar-refractivity contribution in [1.82, 2.24) is 14.9 Å². The highest BCUT2D eigenvalue weighted by Crippen LogP contribution is 2.27. The maximum Gasteiger partial charge on any atom is 0.247 e. The first-order valence-electron chi connectivity index (χ1n) is 8.84. The number of rotatable bonds is 6. The highest BCUT2D eigenvalue weighted by Gasteiger charge is 2.27. The molecule has 4 rings (SSSR count). The molecule has 4 aromatic rings. The second kappa shape index (κ2) is 8.35. The minimum Gasteiger partial charge on any atom is -0.419 e. The molecule has 6 nitrogen and oxygen atoms in total. The van der Waals surface area contributed by atoms with Gasteiger partial charge in [0, 0.05) is 10.6 Å². The molecule has 0 amide bonds. The molecule has 1 N–H and O–H groups in total. The molecule has 1 heterocycles. The van der Waals surface area contributed by atoms with Gasteiger partial charge in [0.1, 0.15) is 11.9 Å². The van der Waals surface area contributed by atoms with Crippen LogP contribution in [0.2, 0.25) is 5.02 Å². The van der Waals surface area contributed by atoms with Gasteiger partial charge in [-0.05, 0) is 54.1 Å². The molecule has 0 fully saturated rings. The summed E-state index contributed by atoms with van der Waals surface area (Å²) in [5.41, 5.74) is 1.25. The SMILES string of the molecule is O=S(=O)(NC(c1ccc(Cl)cc1)c1nnc(-c2ccccc2)o1)c1ccc(F)cc1. The molecule has 0 saturated heterocycles. The van der Waals surface area contributed by atoms with Crippen molar-refractivity contribution in [1.29, 1.82) is 0 Å². The lowest BCUT2D eigenvalue weighted by molar-refractivity contribution is 0.464. The highest BCUT2D eigenvalue weighted by atomic mass is 35.5. The zero-order chi connectivity index (χ0) is 21.1. The largest absolute Gasteiger partial charge is 0.419 e. The Labute approximate surface area is 177 Å². The van der Waals surface area contributed by atoms with Crippen LogP contribution in [0.4, 0.5) is 4.39 Å². The van der Waals surface area contributed by atoms with E-state index in [4.69, 9.17) is 16.0 Å². The number of aromatic nitrogens is 2.